The Morgan fingerprint density at radius 1 is 0.793 bits per heavy atom. The lowest BCUT2D eigenvalue weighted by Gasteiger charge is -2.19. The van der Waals surface area contributed by atoms with E-state index < -0.39 is 0 Å². The first-order chi connectivity index (χ1) is 13.6. The summed E-state index contributed by atoms with van der Waals surface area (Å²) in [5.74, 6) is 0.682. The van der Waals surface area contributed by atoms with Crippen molar-refractivity contribution >= 4 is 21.8 Å². The summed E-state index contributed by atoms with van der Waals surface area (Å²) in [5.41, 5.74) is 5.45. The van der Waals surface area contributed by atoms with Crippen molar-refractivity contribution < 1.29 is 0 Å². The SMILES string of the molecule is CC(C)(C)c1ccc2c(c1)c1cc(C(C)(C)C)ccc1n2-c1ncccc1C#N. The summed E-state index contributed by atoms with van der Waals surface area (Å²) < 4.78 is 2.13. The third-order valence-electron chi connectivity index (χ3n) is 5.62. The van der Waals surface area contributed by atoms with E-state index in [0.717, 1.165) is 11.0 Å². The number of benzene rings is 2. The molecule has 29 heavy (non-hydrogen) atoms. The molecule has 0 atom stereocenters. The van der Waals surface area contributed by atoms with Gasteiger partial charge in [-0.3, -0.25) is 4.57 Å². The van der Waals surface area contributed by atoms with Crippen LogP contribution in [0, 0.1) is 11.3 Å². The first-order valence-electron chi connectivity index (χ1n) is 10.1. The molecule has 0 aliphatic heterocycles. The molecule has 4 aromatic rings. The Morgan fingerprint density at radius 3 is 1.76 bits per heavy atom. The highest BCUT2D eigenvalue weighted by Gasteiger charge is 2.21. The van der Waals surface area contributed by atoms with E-state index in [-0.39, 0.29) is 10.8 Å². The molecular weight excluding hydrogens is 354 g/mol. The fourth-order valence-corrected chi connectivity index (χ4v) is 3.85. The van der Waals surface area contributed by atoms with Gasteiger partial charge in [-0.2, -0.15) is 5.26 Å². The molecule has 2 aromatic carbocycles. The van der Waals surface area contributed by atoms with Crippen LogP contribution in [-0.4, -0.2) is 9.55 Å². The first-order valence-corrected chi connectivity index (χ1v) is 10.1. The fraction of sp³-hybridized carbons (Fsp3) is 0.308. The van der Waals surface area contributed by atoms with Crippen LogP contribution < -0.4 is 0 Å². The molecule has 0 saturated heterocycles. The Labute approximate surface area is 172 Å². The second-order valence-corrected chi connectivity index (χ2v) is 9.79. The van der Waals surface area contributed by atoms with Gasteiger partial charge in [0, 0.05) is 17.0 Å². The second kappa shape index (κ2) is 6.46. The lowest BCUT2D eigenvalue weighted by Crippen LogP contribution is -2.10. The Balaban J connectivity index is 2.17. The monoisotopic (exact) mass is 381 g/mol. The van der Waals surface area contributed by atoms with Crippen LogP contribution in [0.3, 0.4) is 0 Å². The number of rotatable bonds is 1. The molecule has 3 nitrogen and oxygen atoms in total. The topological polar surface area (TPSA) is 41.6 Å². The van der Waals surface area contributed by atoms with Crippen LogP contribution in [0.1, 0.15) is 58.2 Å². The maximum absolute atomic E-state index is 9.66. The molecular formula is C26H27N3. The summed E-state index contributed by atoms with van der Waals surface area (Å²) in [6.45, 7) is 13.4. The first kappa shape index (κ1) is 19.2. The second-order valence-electron chi connectivity index (χ2n) is 9.79. The van der Waals surface area contributed by atoms with Crippen LogP contribution in [0.2, 0.25) is 0 Å². The van der Waals surface area contributed by atoms with Gasteiger partial charge < -0.3 is 0 Å². The van der Waals surface area contributed by atoms with Crippen molar-refractivity contribution in [3.05, 3.63) is 71.4 Å². The highest BCUT2D eigenvalue weighted by molar-refractivity contribution is 6.09. The Hall–Kier alpha value is -3.12. The lowest BCUT2D eigenvalue weighted by atomic mass is 9.85. The van der Waals surface area contributed by atoms with Gasteiger partial charge in [-0.05, 0) is 58.4 Å². The molecule has 4 rings (SSSR count). The van der Waals surface area contributed by atoms with Gasteiger partial charge in [-0.15, -0.1) is 0 Å². The zero-order chi connectivity index (χ0) is 21.0. The van der Waals surface area contributed by atoms with Crippen LogP contribution in [0.25, 0.3) is 27.6 Å². The molecule has 0 bridgehead atoms. The average Bonchev–Trinajstić information content (AvgIpc) is 2.99. The van der Waals surface area contributed by atoms with Crippen LogP contribution >= 0.6 is 0 Å². The van der Waals surface area contributed by atoms with Crippen molar-refractivity contribution in [3.8, 4) is 11.9 Å². The maximum atomic E-state index is 9.66. The number of hydrogen-bond donors (Lipinski definition) is 0. The van der Waals surface area contributed by atoms with Crippen LogP contribution in [0.15, 0.2) is 54.7 Å². The van der Waals surface area contributed by atoms with E-state index in [1.54, 1.807) is 6.20 Å². The maximum Gasteiger partial charge on any atom is 0.155 e. The smallest absolute Gasteiger partial charge is 0.155 e. The van der Waals surface area contributed by atoms with E-state index in [1.165, 1.54) is 21.9 Å². The van der Waals surface area contributed by atoms with Crippen molar-refractivity contribution in [2.75, 3.05) is 0 Å². The predicted octanol–water partition coefficient (Wildman–Crippen LogP) is 6.65. The largest absolute Gasteiger partial charge is 0.293 e. The summed E-state index contributed by atoms with van der Waals surface area (Å²) in [6.07, 6.45) is 1.75. The standard InChI is InChI=1S/C26H27N3/c1-25(2,3)18-9-11-22-20(14-18)21-15-19(26(4,5)6)10-12-23(21)29(22)24-17(16-27)8-7-13-28-24/h7-15H,1-6H3. The van der Waals surface area contributed by atoms with Crippen molar-refractivity contribution in [2.24, 2.45) is 0 Å². The van der Waals surface area contributed by atoms with E-state index in [1.807, 2.05) is 12.1 Å². The van der Waals surface area contributed by atoms with Crippen molar-refractivity contribution in [2.45, 2.75) is 52.4 Å². The molecule has 0 spiro atoms. The molecule has 0 amide bonds. The van der Waals surface area contributed by atoms with Gasteiger partial charge in [-0.25, -0.2) is 4.98 Å². The third kappa shape index (κ3) is 3.19. The predicted molar refractivity (Wildman–Crippen MR) is 121 cm³/mol. The quantitative estimate of drug-likeness (QED) is 0.370. The molecule has 0 unspecified atom stereocenters. The molecule has 0 aliphatic carbocycles. The summed E-state index contributed by atoms with van der Waals surface area (Å²) in [6, 6.07) is 19.3. The molecule has 0 saturated carbocycles. The molecule has 2 aromatic heterocycles. The van der Waals surface area contributed by atoms with E-state index in [4.69, 9.17) is 0 Å². The van der Waals surface area contributed by atoms with E-state index >= 15 is 0 Å². The summed E-state index contributed by atoms with van der Waals surface area (Å²) in [7, 11) is 0. The minimum absolute atomic E-state index is 0.0626. The molecule has 0 N–H and O–H groups in total. The Bertz CT molecular complexity index is 1200. The summed E-state index contributed by atoms with van der Waals surface area (Å²) >= 11 is 0. The number of pyridine rings is 1. The van der Waals surface area contributed by atoms with E-state index in [2.05, 4.69) is 93.6 Å². The highest BCUT2D eigenvalue weighted by atomic mass is 15.1. The molecule has 146 valence electrons. The number of aromatic nitrogens is 2. The normalized spacial score (nSPS) is 12.4. The molecule has 2 heterocycles. The van der Waals surface area contributed by atoms with Gasteiger partial charge in [0.25, 0.3) is 0 Å². The lowest BCUT2D eigenvalue weighted by molar-refractivity contribution is 0.590. The number of hydrogen-bond acceptors (Lipinski definition) is 2. The van der Waals surface area contributed by atoms with Gasteiger partial charge in [0.2, 0.25) is 0 Å². The van der Waals surface area contributed by atoms with Gasteiger partial charge >= 0.3 is 0 Å². The van der Waals surface area contributed by atoms with Gasteiger partial charge in [-0.1, -0.05) is 53.7 Å². The number of nitriles is 1. The van der Waals surface area contributed by atoms with E-state index in [9.17, 15) is 5.26 Å². The van der Waals surface area contributed by atoms with E-state index in [0.29, 0.717) is 11.4 Å². The average molecular weight is 382 g/mol. The Kier molecular flexibility index (Phi) is 4.28. The summed E-state index contributed by atoms with van der Waals surface area (Å²) in [4.78, 5) is 4.58. The van der Waals surface area contributed by atoms with Crippen LogP contribution in [0.4, 0.5) is 0 Å². The number of nitrogens with zero attached hydrogens (tertiary/aromatic N) is 3. The van der Waals surface area contributed by atoms with Crippen LogP contribution in [0.5, 0.6) is 0 Å². The number of fused-ring (bicyclic) bond motifs is 3. The Morgan fingerprint density at radius 2 is 1.31 bits per heavy atom. The zero-order valence-electron chi connectivity index (χ0n) is 18.0. The summed E-state index contributed by atoms with van der Waals surface area (Å²) in [5, 5.41) is 12.1. The molecule has 0 fully saturated rings. The van der Waals surface area contributed by atoms with Crippen LogP contribution in [-0.2, 0) is 10.8 Å². The van der Waals surface area contributed by atoms with Crippen molar-refractivity contribution in [1.82, 2.24) is 9.55 Å². The fourth-order valence-electron chi connectivity index (χ4n) is 3.85. The minimum atomic E-state index is 0.0626. The molecule has 0 radical (unpaired) electrons. The zero-order valence-corrected chi connectivity index (χ0v) is 18.0. The van der Waals surface area contributed by atoms with Gasteiger partial charge in [0.05, 0.1) is 16.6 Å². The third-order valence-corrected chi connectivity index (χ3v) is 5.62. The molecule has 3 heteroatoms. The highest BCUT2D eigenvalue weighted by Crippen LogP contribution is 2.37. The molecule has 0 aliphatic rings. The van der Waals surface area contributed by atoms with Crippen molar-refractivity contribution in [3.63, 3.8) is 0 Å². The van der Waals surface area contributed by atoms with Gasteiger partial charge in [0.1, 0.15) is 6.07 Å². The van der Waals surface area contributed by atoms with Gasteiger partial charge in [0.15, 0.2) is 5.82 Å². The van der Waals surface area contributed by atoms with Crippen molar-refractivity contribution in [1.29, 1.82) is 5.26 Å². The minimum Gasteiger partial charge on any atom is -0.293 e.